The standard InChI is InChI=1S/C13H13N4.W/c1-16-9-17(10-16)12-7-8-14-13(15-12)11-5-3-2-4-6-11;/h2-5,7-8H,9-10H2,1H3;/q-1;. The molecule has 3 rings (SSSR count). The molecule has 92 valence electrons. The van der Waals surface area contributed by atoms with Crippen molar-refractivity contribution in [2.24, 2.45) is 0 Å². The minimum atomic E-state index is 0. The van der Waals surface area contributed by atoms with Crippen molar-refractivity contribution in [3.63, 3.8) is 0 Å². The molecule has 0 amide bonds. The van der Waals surface area contributed by atoms with Gasteiger partial charge in [-0.25, -0.2) is 0 Å². The van der Waals surface area contributed by atoms with Gasteiger partial charge in [0, 0.05) is 27.3 Å². The molecule has 0 bridgehead atoms. The van der Waals surface area contributed by atoms with Gasteiger partial charge in [-0.05, 0) is 13.1 Å². The normalized spacial score (nSPS) is 14.8. The predicted octanol–water partition coefficient (Wildman–Crippen LogP) is 1.61. The third-order valence-electron chi connectivity index (χ3n) is 2.74. The SMILES string of the molecule is CN1CN(c2ccnc(-c3[c-]cccc3)n2)C1.[W]. The molecule has 1 aromatic heterocycles. The fourth-order valence-electron chi connectivity index (χ4n) is 1.87. The first-order valence-electron chi connectivity index (χ1n) is 5.56. The molecular formula is C13H13N4W-. The zero-order valence-corrected chi connectivity index (χ0v) is 13.0. The van der Waals surface area contributed by atoms with Crippen molar-refractivity contribution in [3.05, 3.63) is 42.6 Å². The van der Waals surface area contributed by atoms with Crippen LogP contribution in [0.5, 0.6) is 0 Å². The first-order chi connectivity index (χ1) is 8.33. The average molecular weight is 409 g/mol. The van der Waals surface area contributed by atoms with E-state index in [1.807, 2.05) is 30.3 Å². The van der Waals surface area contributed by atoms with E-state index in [1.165, 1.54) is 0 Å². The molecule has 0 unspecified atom stereocenters. The summed E-state index contributed by atoms with van der Waals surface area (Å²) in [4.78, 5) is 13.3. The summed E-state index contributed by atoms with van der Waals surface area (Å²) in [6.45, 7) is 1.85. The smallest absolute Gasteiger partial charge is 0.124 e. The van der Waals surface area contributed by atoms with Crippen LogP contribution in [0.4, 0.5) is 5.82 Å². The first kappa shape index (κ1) is 13.2. The van der Waals surface area contributed by atoms with Gasteiger partial charge in [0.25, 0.3) is 0 Å². The van der Waals surface area contributed by atoms with Crippen LogP contribution < -0.4 is 4.90 Å². The monoisotopic (exact) mass is 409 g/mol. The van der Waals surface area contributed by atoms with Crippen LogP contribution >= 0.6 is 0 Å². The molecule has 1 aliphatic rings. The number of hydrogen-bond acceptors (Lipinski definition) is 4. The van der Waals surface area contributed by atoms with Crippen LogP contribution in [-0.4, -0.2) is 35.3 Å². The third kappa shape index (κ3) is 2.60. The van der Waals surface area contributed by atoms with Gasteiger partial charge >= 0.3 is 0 Å². The van der Waals surface area contributed by atoms with Crippen LogP contribution in [0.3, 0.4) is 0 Å². The molecule has 2 aromatic rings. The molecule has 0 spiro atoms. The van der Waals surface area contributed by atoms with E-state index < -0.39 is 0 Å². The van der Waals surface area contributed by atoms with Gasteiger partial charge < -0.3 is 4.90 Å². The topological polar surface area (TPSA) is 32.3 Å². The second-order valence-corrected chi connectivity index (χ2v) is 4.19. The largest absolute Gasteiger partial charge is 0.331 e. The van der Waals surface area contributed by atoms with Gasteiger partial charge in [0.15, 0.2) is 0 Å². The number of anilines is 1. The molecule has 1 aliphatic heterocycles. The van der Waals surface area contributed by atoms with Gasteiger partial charge in [-0.2, -0.15) is 0 Å². The minimum absolute atomic E-state index is 0. The summed E-state index contributed by atoms with van der Waals surface area (Å²) in [5.74, 6) is 1.71. The van der Waals surface area contributed by atoms with Crippen molar-refractivity contribution in [2.45, 2.75) is 0 Å². The Morgan fingerprint density at radius 3 is 2.72 bits per heavy atom. The van der Waals surface area contributed by atoms with E-state index in [4.69, 9.17) is 0 Å². The Balaban J connectivity index is 0.00000120. The van der Waals surface area contributed by atoms with Crippen LogP contribution in [0.1, 0.15) is 0 Å². The summed E-state index contributed by atoms with van der Waals surface area (Å²) in [5, 5.41) is 0. The summed E-state index contributed by atoms with van der Waals surface area (Å²) >= 11 is 0. The quantitative estimate of drug-likeness (QED) is 0.706. The third-order valence-corrected chi connectivity index (χ3v) is 2.74. The zero-order valence-electron chi connectivity index (χ0n) is 10.1. The average Bonchev–Trinajstić information content (AvgIpc) is 2.36. The summed E-state index contributed by atoms with van der Waals surface area (Å²) in [6, 6.07) is 12.9. The predicted molar refractivity (Wildman–Crippen MR) is 66.3 cm³/mol. The van der Waals surface area contributed by atoms with Gasteiger partial charge in [0.1, 0.15) is 5.82 Å². The molecule has 2 heterocycles. The fourth-order valence-corrected chi connectivity index (χ4v) is 1.87. The Labute approximate surface area is 121 Å². The van der Waals surface area contributed by atoms with Gasteiger partial charge in [-0.1, -0.05) is 0 Å². The number of rotatable bonds is 2. The molecule has 18 heavy (non-hydrogen) atoms. The molecule has 1 fully saturated rings. The Bertz CT molecular complexity index is 511. The van der Waals surface area contributed by atoms with Crippen LogP contribution in [0.15, 0.2) is 36.5 Å². The maximum atomic E-state index is 4.56. The summed E-state index contributed by atoms with van der Waals surface area (Å²) in [5.41, 5.74) is 0.934. The fraction of sp³-hybridized carbons (Fsp3) is 0.231. The van der Waals surface area contributed by atoms with Crippen molar-refractivity contribution in [3.8, 4) is 11.4 Å². The van der Waals surface area contributed by atoms with E-state index in [0.717, 1.165) is 30.5 Å². The van der Waals surface area contributed by atoms with Crippen molar-refractivity contribution in [1.29, 1.82) is 0 Å². The van der Waals surface area contributed by atoms with Crippen molar-refractivity contribution < 1.29 is 21.1 Å². The van der Waals surface area contributed by atoms with Crippen molar-refractivity contribution in [2.75, 3.05) is 25.3 Å². The van der Waals surface area contributed by atoms with E-state index in [1.54, 1.807) is 6.20 Å². The molecule has 0 N–H and O–H groups in total. The van der Waals surface area contributed by atoms with Gasteiger partial charge in [-0.3, -0.25) is 14.9 Å². The van der Waals surface area contributed by atoms with E-state index in [2.05, 4.69) is 32.9 Å². The molecule has 0 saturated carbocycles. The first-order valence-corrected chi connectivity index (χ1v) is 5.56. The van der Waals surface area contributed by atoms with Crippen LogP contribution in [0.25, 0.3) is 11.4 Å². The maximum Gasteiger partial charge on any atom is 0.124 e. The molecule has 5 heteroatoms. The van der Waals surface area contributed by atoms with E-state index in [9.17, 15) is 0 Å². The summed E-state index contributed by atoms with van der Waals surface area (Å²) < 4.78 is 0. The second-order valence-electron chi connectivity index (χ2n) is 4.19. The number of hydrogen-bond donors (Lipinski definition) is 0. The van der Waals surface area contributed by atoms with E-state index >= 15 is 0 Å². The molecule has 0 aliphatic carbocycles. The number of aromatic nitrogens is 2. The van der Waals surface area contributed by atoms with Crippen LogP contribution in [0, 0.1) is 6.07 Å². The Morgan fingerprint density at radius 1 is 1.22 bits per heavy atom. The van der Waals surface area contributed by atoms with Gasteiger partial charge in [0.2, 0.25) is 0 Å². The Kier molecular flexibility index (Phi) is 4.10. The molecule has 0 radical (unpaired) electrons. The van der Waals surface area contributed by atoms with Crippen LogP contribution in [0.2, 0.25) is 0 Å². The second kappa shape index (κ2) is 5.59. The van der Waals surface area contributed by atoms with Gasteiger partial charge in [-0.15, -0.1) is 35.9 Å². The molecule has 4 nitrogen and oxygen atoms in total. The maximum absolute atomic E-state index is 4.56. The van der Waals surface area contributed by atoms with Gasteiger partial charge in [0.05, 0.1) is 19.2 Å². The Hall–Kier alpha value is -1.25. The molecule has 0 atom stereocenters. The van der Waals surface area contributed by atoms with Crippen molar-refractivity contribution in [1.82, 2.24) is 14.9 Å². The number of nitrogens with zero attached hydrogens (tertiary/aromatic N) is 4. The summed E-state index contributed by atoms with van der Waals surface area (Å²) in [6.07, 6.45) is 1.80. The molecule has 1 saturated heterocycles. The van der Waals surface area contributed by atoms with Crippen LogP contribution in [-0.2, 0) is 21.1 Å². The Morgan fingerprint density at radius 2 is 2.06 bits per heavy atom. The number of benzene rings is 1. The minimum Gasteiger partial charge on any atom is -0.331 e. The molecular weight excluding hydrogens is 396 g/mol. The molecule has 1 aromatic carbocycles. The summed E-state index contributed by atoms with van der Waals surface area (Å²) in [7, 11) is 2.09. The van der Waals surface area contributed by atoms with Crippen molar-refractivity contribution >= 4 is 5.82 Å². The van der Waals surface area contributed by atoms with E-state index in [0.29, 0.717) is 0 Å². The zero-order chi connectivity index (χ0) is 11.7. The van der Waals surface area contributed by atoms with E-state index in [-0.39, 0.29) is 21.1 Å².